The van der Waals surface area contributed by atoms with Gasteiger partial charge in [0.2, 0.25) is 0 Å². The number of nitrogens with one attached hydrogen (secondary N) is 1. The highest BCUT2D eigenvalue weighted by molar-refractivity contribution is 5.80. The minimum absolute atomic E-state index is 0.0435. The minimum Gasteiger partial charge on any atom is -0.504 e. The van der Waals surface area contributed by atoms with Gasteiger partial charge >= 0.3 is 0 Å². The van der Waals surface area contributed by atoms with Crippen molar-refractivity contribution < 1.29 is 14.6 Å². The Hall–Kier alpha value is -2.49. The van der Waals surface area contributed by atoms with Crippen LogP contribution < -0.4 is 9.47 Å². The van der Waals surface area contributed by atoms with Gasteiger partial charge in [-0.15, -0.1) is 0 Å². The third-order valence-corrected chi connectivity index (χ3v) is 3.52. The second-order valence-electron chi connectivity index (χ2n) is 4.75. The maximum atomic E-state index is 9.69. The molecule has 1 aliphatic rings. The molecule has 2 aromatic rings. The highest BCUT2D eigenvalue weighted by Crippen LogP contribution is 2.40. The number of ether oxygens (including phenoxy) is 2. The van der Waals surface area contributed by atoms with Crippen LogP contribution in [0.25, 0.3) is 0 Å². The third-order valence-electron chi connectivity index (χ3n) is 3.52. The molecule has 3 rings (SSSR count). The van der Waals surface area contributed by atoms with Crippen LogP contribution in [-0.4, -0.2) is 18.1 Å². The van der Waals surface area contributed by atoms with E-state index < -0.39 is 0 Å². The SMILES string of the molecule is COc1cc(C2CC(=N)Oc3ccccc32)ccc1O. The smallest absolute Gasteiger partial charge is 0.188 e. The summed E-state index contributed by atoms with van der Waals surface area (Å²) in [5.41, 5.74) is 2.05. The van der Waals surface area contributed by atoms with E-state index in [0.29, 0.717) is 12.2 Å². The molecule has 1 atom stereocenters. The van der Waals surface area contributed by atoms with Crippen molar-refractivity contribution in [3.63, 3.8) is 0 Å². The summed E-state index contributed by atoms with van der Waals surface area (Å²) in [7, 11) is 1.53. The molecule has 0 saturated carbocycles. The van der Waals surface area contributed by atoms with E-state index >= 15 is 0 Å². The molecule has 1 unspecified atom stereocenters. The fourth-order valence-electron chi connectivity index (χ4n) is 2.54. The molecule has 4 heteroatoms. The number of hydrogen-bond donors (Lipinski definition) is 2. The lowest BCUT2D eigenvalue weighted by Crippen LogP contribution is -2.20. The van der Waals surface area contributed by atoms with Crippen molar-refractivity contribution in [2.24, 2.45) is 0 Å². The van der Waals surface area contributed by atoms with Gasteiger partial charge in [-0.3, -0.25) is 5.41 Å². The average Bonchev–Trinajstić information content (AvgIpc) is 2.47. The lowest BCUT2D eigenvalue weighted by Gasteiger charge is -2.26. The number of methoxy groups -OCH3 is 1. The number of aromatic hydroxyl groups is 1. The Morgan fingerprint density at radius 2 is 2.05 bits per heavy atom. The van der Waals surface area contributed by atoms with Crippen LogP contribution in [0.4, 0.5) is 0 Å². The second-order valence-corrected chi connectivity index (χ2v) is 4.75. The van der Waals surface area contributed by atoms with Crippen molar-refractivity contribution >= 4 is 5.90 Å². The molecule has 0 saturated heterocycles. The number of para-hydroxylation sites is 1. The first-order valence-corrected chi connectivity index (χ1v) is 6.40. The van der Waals surface area contributed by atoms with Crippen LogP contribution in [0.15, 0.2) is 42.5 Å². The summed E-state index contributed by atoms with van der Waals surface area (Å²) in [6.07, 6.45) is 0.505. The van der Waals surface area contributed by atoms with Crippen molar-refractivity contribution in [3.8, 4) is 17.2 Å². The standard InChI is InChI=1S/C16H15NO3/c1-19-15-8-10(6-7-13(15)18)12-9-16(17)20-14-5-3-2-4-11(12)14/h2-8,12,17-18H,9H2,1H3. The molecule has 102 valence electrons. The van der Waals surface area contributed by atoms with Crippen molar-refractivity contribution in [3.05, 3.63) is 53.6 Å². The van der Waals surface area contributed by atoms with Crippen molar-refractivity contribution in [1.29, 1.82) is 5.41 Å². The molecule has 0 spiro atoms. The molecule has 4 nitrogen and oxygen atoms in total. The summed E-state index contributed by atoms with van der Waals surface area (Å²) in [5, 5.41) is 17.5. The Bertz CT molecular complexity index is 667. The Kier molecular flexibility index (Phi) is 3.06. The molecule has 0 bridgehead atoms. The second kappa shape index (κ2) is 4.89. The van der Waals surface area contributed by atoms with E-state index in [9.17, 15) is 5.11 Å². The summed E-state index contributed by atoms with van der Waals surface area (Å²) in [4.78, 5) is 0. The number of phenols is 1. The molecular formula is C16H15NO3. The highest BCUT2D eigenvalue weighted by Gasteiger charge is 2.26. The van der Waals surface area contributed by atoms with Crippen LogP contribution in [0, 0.1) is 5.41 Å². The fourth-order valence-corrected chi connectivity index (χ4v) is 2.54. The van der Waals surface area contributed by atoms with E-state index in [0.717, 1.165) is 16.9 Å². The maximum absolute atomic E-state index is 9.69. The van der Waals surface area contributed by atoms with Crippen LogP contribution in [0.5, 0.6) is 17.2 Å². The Labute approximate surface area is 117 Å². The summed E-state index contributed by atoms with van der Waals surface area (Å²) in [6.45, 7) is 0. The molecule has 2 N–H and O–H groups in total. The van der Waals surface area contributed by atoms with Gasteiger partial charge in [0.25, 0.3) is 0 Å². The summed E-state index contributed by atoms with van der Waals surface area (Å²) < 4.78 is 10.6. The first-order valence-electron chi connectivity index (χ1n) is 6.40. The molecular weight excluding hydrogens is 254 g/mol. The molecule has 0 aliphatic carbocycles. The van der Waals surface area contributed by atoms with Crippen LogP contribution in [0.1, 0.15) is 23.5 Å². The Morgan fingerprint density at radius 3 is 2.85 bits per heavy atom. The average molecular weight is 269 g/mol. The number of rotatable bonds is 2. The topological polar surface area (TPSA) is 62.5 Å². The van der Waals surface area contributed by atoms with Gasteiger partial charge in [0.1, 0.15) is 5.75 Å². The number of phenolic OH excluding ortho intramolecular Hbond substituents is 1. The molecule has 1 heterocycles. The minimum atomic E-state index is 0.0435. The van der Waals surface area contributed by atoms with Crippen LogP contribution >= 0.6 is 0 Å². The molecule has 0 radical (unpaired) electrons. The predicted octanol–water partition coefficient (Wildman–Crippen LogP) is 3.29. The zero-order chi connectivity index (χ0) is 14.1. The summed E-state index contributed by atoms with van der Waals surface area (Å²) in [5.74, 6) is 1.58. The largest absolute Gasteiger partial charge is 0.504 e. The Morgan fingerprint density at radius 1 is 1.25 bits per heavy atom. The van der Waals surface area contributed by atoms with Gasteiger partial charge in [-0.05, 0) is 23.8 Å². The molecule has 0 amide bonds. The summed E-state index contributed by atoms with van der Waals surface area (Å²) >= 11 is 0. The zero-order valence-corrected chi connectivity index (χ0v) is 11.1. The Balaban J connectivity index is 2.08. The molecule has 2 aromatic carbocycles. The van der Waals surface area contributed by atoms with E-state index in [1.807, 2.05) is 36.4 Å². The number of hydrogen-bond acceptors (Lipinski definition) is 4. The van der Waals surface area contributed by atoms with E-state index in [1.165, 1.54) is 7.11 Å². The van der Waals surface area contributed by atoms with E-state index in [1.54, 1.807) is 6.07 Å². The van der Waals surface area contributed by atoms with Gasteiger partial charge in [-0.25, -0.2) is 0 Å². The van der Waals surface area contributed by atoms with Gasteiger partial charge in [0.05, 0.1) is 7.11 Å². The lowest BCUT2D eigenvalue weighted by molar-refractivity contribution is 0.372. The van der Waals surface area contributed by atoms with Gasteiger partial charge in [-0.1, -0.05) is 24.3 Å². The molecule has 0 fully saturated rings. The number of benzene rings is 2. The predicted molar refractivity (Wildman–Crippen MR) is 75.9 cm³/mol. The van der Waals surface area contributed by atoms with Crippen LogP contribution in [0.2, 0.25) is 0 Å². The zero-order valence-electron chi connectivity index (χ0n) is 11.1. The van der Waals surface area contributed by atoms with E-state index in [2.05, 4.69) is 0 Å². The monoisotopic (exact) mass is 269 g/mol. The molecule has 1 aliphatic heterocycles. The van der Waals surface area contributed by atoms with Gasteiger partial charge in [0.15, 0.2) is 17.4 Å². The lowest BCUT2D eigenvalue weighted by atomic mass is 9.86. The highest BCUT2D eigenvalue weighted by atomic mass is 16.5. The first kappa shape index (κ1) is 12.5. The van der Waals surface area contributed by atoms with Gasteiger partial charge in [-0.2, -0.15) is 0 Å². The number of fused-ring (bicyclic) bond motifs is 1. The van der Waals surface area contributed by atoms with Crippen molar-refractivity contribution in [2.75, 3.05) is 7.11 Å². The summed E-state index contributed by atoms with van der Waals surface area (Å²) in [6, 6.07) is 13.0. The fraction of sp³-hybridized carbons (Fsp3) is 0.188. The van der Waals surface area contributed by atoms with Gasteiger partial charge in [0, 0.05) is 17.9 Å². The molecule has 0 aromatic heterocycles. The van der Waals surface area contributed by atoms with Crippen LogP contribution in [-0.2, 0) is 0 Å². The van der Waals surface area contributed by atoms with Gasteiger partial charge < -0.3 is 14.6 Å². The van der Waals surface area contributed by atoms with Crippen molar-refractivity contribution in [1.82, 2.24) is 0 Å². The van der Waals surface area contributed by atoms with Crippen LogP contribution in [0.3, 0.4) is 0 Å². The van der Waals surface area contributed by atoms with E-state index in [-0.39, 0.29) is 17.6 Å². The molecule has 20 heavy (non-hydrogen) atoms. The third kappa shape index (κ3) is 2.09. The normalized spacial score (nSPS) is 17.2. The van der Waals surface area contributed by atoms with E-state index in [4.69, 9.17) is 14.9 Å². The quantitative estimate of drug-likeness (QED) is 0.879. The van der Waals surface area contributed by atoms with Crippen molar-refractivity contribution in [2.45, 2.75) is 12.3 Å². The first-order chi connectivity index (χ1) is 9.69. The maximum Gasteiger partial charge on any atom is 0.188 e.